The summed E-state index contributed by atoms with van der Waals surface area (Å²) in [7, 11) is 1.72. The standard InChI is InChI=1S/C9H15BrN2OS/c1-4-12(7(2)5-13-3)9-11-8(10)6-14-9/h6-7H,4-5H2,1-3H3. The fraction of sp³-hybridized carbons (Fsp3) is 0.667. The Morgan fingerprint density at radius 3 is 2.86 bits per heavy atom. The molecule has 14 heavy (non-hydrogen) atoms. The number of anilines is 1. The molecule has 0 saturated carbocycles. The number of ether oxygens (including phenoxy) is 1. The molecule has 1 aromatic heterocycles. The average Bonchev–Trinajstić information content (AvgIpc) is 2.54. The summed E-state index contributed by atoms with van der Waals surface area (Å²) in [5.74, 6) is 0. The third-order valence-corrected chi connectivity index (χ3v) is 3.58. The third kappa shape index (κ3) is 2.93. The maximum Gasteiger partial charge on any atom is 0.186 e. The second-order valence-corrected chi connectivity index (χ2v) is 4.69. The van der Waals surface area contributed by atoms with Crippen molar-refractivity contribution in [3.8, 4) is 0 Å². The van der Waals surface area contributed by atoms with Crippen LogP contribution < -0.4 is 4.90 Å². The van der Waals surface area contributed by atoms with E-state index in [-0.39, 0.29) is 0 Å². The maximum atomic E-state index is 5.14. The summed E-state index contributed by atoms with van der Waals surface area (Å²) < 4.78 is 6.04. The molecular formula is C9H15BrN2OS. The highest BCUT2D eigenvalue weighted by molar-refractivity contribution is 9.10. The summed E-state index contributed by atoms with van der Waals surface area (Å²) in [5, 5.41) is 3.04. The molecule has 5 heteroatoms. The first-order chi connectivity index (χ1) is 6.69. The molecule has 0 spiro atoms. The van der Waals surface area contributed by atoms with Gasteiger partial charge >= 0.3 is 0 Å². The fourth-order valence-corrected chi connectivity index (χ4v) is 2.76. The molecule has 0 amide bonds. The smallest absolute Gasteiger partial charge is 0.186 e. The van der Waals surface area contributed by atoms with Gasteiger partial charge in [0, 0.05) is 19.0 Å². The number of nitrogens with zero attached hydrogens (tertiary/aromatic N) is 2. The van der Waals surface area contributed by atoms with Crippen LogP contribution in [0.5, 0.6) is 0 Å². The molecule has 80 valence electrons. The molecule has 0 aromatic carbocycles. The molecule has 0 bridgehead atoms. The van der Waals surface area contributed by atoms with E-state index in [1.54, 1.807) is 18.4 Å². The van der Waals surface area contributed by atoms with E-state index in [1.165, 1.54) is 0 Å². The molecule has 0 aliphatic rings. The maximum absolute atomic E-state index is 5.14. The van der Waals surface area contributed by atoms with Crippen LogP contribution in [0.1, 0.15) is 13.8 Å². The minimum atomic E-state index is 0.364. The van der Waals surface area contributed by atoms with Gasteiger partial charge in [-0.25, -0.2) is 4.98 Å². The molecule has 1 unspecified atom stereocenters. The number of likely N-dealkylation sites (N-methyl/N-ethyl adjacent to an activating group) is 1. The second-order valence-electron chi connectivity index (χ2n) is 3.04. The Morgan fingerprint density at radius 2 is 2.43 bits per heavy atom. The van der Waals surface area contributed by atoms with E-state index in [2.05, 4.69) is 39.7 Å². The Morgan fingerprint density at radius 1 is 1.71 bits per heavy atom. The van der Waals surface area contributed by atoms with E-state index in [0.29, 0.717) is 6.04 Å². The zero-order chi connectivity index (χ0) is 10.6. The Labute approximate surface area is 97.2 Å². The molecular weight excluding hydrogens is 264 g/mol. The SMILES string of the molecule is CCN(c1nc(Br)cs1)C(C)COC. The van der Waals surface area contributed by atoms with Crippen LogP contribution in [-0.2, 0) is 4.74 Å². The van der Waals surface area contributed by atoms with Crippen LogP contribution in [-0.4, -0.2) is 31.3 Å². The number of rotatable bonds is 5. The van der Waals surface area contributed by atoms with Crippen molar-refractivity contribution in [2.45, 2.75) is 19.9 Å². The highest BCUT2D eigenvalue weighted by Crippen LogP contribution is 2.24. The Hall–Kier alpha value is -0.130. The number of thiazole rings is 1. The number of halogens is 1. The highest BCUT2D eigenvalue weighted by atomic mass is 79.9. The molecule has 1 aromatic rings. The normalized spacial score (nSPS) is 12.9. The van der Waals surface area contributed by atoms with Crippen LogP contribution >= 0.6 is 27.3 Å². The molecule has 0 aliphatic carbocycles. The lowest BCUT2D eigenvalue weighted by Gasteiger charge is -2.26. The molecule has 0 saturated heterocycles. The van der Waals surface area contributed by atoms with E-state index >= 15 is 0 Å². The van der Waals surface area contributed by atoms with Gasteiger partial charge in [-0.1, -0.05) is 0 Å². The summed E-state index contributed by atoms with van der Waals surface area (Å²) in [6.45, 7) is 5.94. The van der Waals surface area contributed by atoms with Crippen LogP contribution in [0.4, 0.5) is 5.13 Å². The summed E-state index contributed by atoms with van der Waals surface area (Å²) >= 11 is 5.01. The number of methoxy groups -OCH3 is 1. The van der Waals surface area contributed by atoms with Crippen LogP contribution in [0, 0.1) is 0 Å². The van der Waals surface area contributed by atoms with E-state index in [1.807, 2.05) is 5.38 Å². The van der Waals surface area contributed by atoms with Crippen LogP contribution in [0.3, 0.4) is 0 Å². The van der Waals surface area contributed by atoms with Gasteiger partial charge in [0.05, 0.1) is 12.6 Å². The van der Waals surface area contributed by atoms with Gasteiger partial charge in [-0.3, -0.25) is 0 Å². The first kappa shape index (κ1) is 11.9. The van der Waals surface area contributed by atoms with Gasteiger partial charge in [0.2, 0.25) is 0 Å². The second kappa shape index (κ2) is 5.68. The predicted molar refractivity (Wildman–Crippen MR) is 64.2 cm³/mol. The molecule has 0 radical (unpaired) electrons. The first-order valence-electron chi connectivity index (χ1n) is 4.55. The van der Waals surface area contributed by atoms with Crippen molar-refractivity contribution in [1.29, 1.82) is 0 Å². The number of hydrogen-bond donors (Lipinski definition) is 0. The van der Waals surface area contributed by atoms with Crippen LogP contribution in [0.2, 0.25) is 0 Å². The molecule has 1 heterocycles. The lowest BCUT2D eigenvalue weighted by Crippen LogP contribution is -2.36. The van der Waals surface area contributed by atoms with Crippen molar-refractivity contribution in [2.24, 2.45) is 0 Å². The van der Waals surface area contributed by atoms with Crippen molar-refractivity contribution in [3.05, 3.63) is 9.98 Å². The van der Waals surface area contributed by atoms with Gasteiger partial charge in [0.25, 0.3) is 0 Å². The Kier molecular flexibility index (Phi) is 4.84. The van der Waals surface area contributed by atoms with Gasteiger partial charge in [-0.05, 0) is 29.8 Å². The first-order valence-corrected chi connectivity index (χ1v) is 6.23. The van der Waals surface area contributed by atoms with Crippen LogP contribution in [0.25, 0.3) is 0 Å². The van der Waals surface area contributed by atoms with Crippen molar-refractivity contribution in [2.75, 3.05) is 25.2 Å². The minimum absolute atomic E-state index is 0.364. The summed E-state index contributed by atoms with van der Waals surface area (Å²) in [6, 6.07) is 0.364. The van der Waals surface area contributed by atoms with Gasteiger partial charge in [0.1, 0.15) is 4.60 Å². The Bertz CT molecular complexity index is 280. The quantitative estimate of drug-likeness (QED) is 0.828. The van der Waals surface area contributed by atoms with Crippen molar-refractivity contribution < 1.29 is 4.74 Å². The number of hydrogen-bond acceptors (Lipinski definition) is 4. The molecule has 0 aliphatic heterocycles. The van der Waals surface area contributed by atoms with Crippen molar-refractivity contribution in [1.82, 2.24) is 4.98 Å². The van der Waals surface area contributed by atoms with Gasteiger partial charge in [0.15, 0.2) is 5.13 Å². The monoisotopic (exact) mass is 278 g/mol. The highest BCUT2D eigenvalue weighted by Gasteiger charge is 2.15. The zero-order valence-corrected chi connectivity index (χ0v) is 11.1. The molecule has 1 atom stereocenters. The molecule has 1 rings (SSSR count). The summed E-state index contributed by atoms with van der Waals surface area (Å²) in [6.07, 6.45) is 0. The van der Waals surface area contributed by atoms with Gasteiger partial charge in [-0.15, -0.1) is 11.3 Å². The molecule has 0 fully saturated rings. The predicted octanol–water partition coefficient (Wildman–Crippen LogP) is 2.77. The minimum Gasteiger partial charge on any atom is -0.383 e. The third-order valence-electron chi connectivity index (χ3n) is 1.99. The van der Waals surface area contributed by atoms with E-state index in [9.17, 15) is 0 Å². The van der Waals surface area contributed by atoms with Crippen LogP contribution in [0.15, 0.2) is 9.98 Å². The van der Waals surface area contributed by atoms with Gasteiger partial charge in [-0.2, -0.15) is 0 Å². The van der Waals surface area contributed by atoms with E-state index in [0.717, 1.165) is 22.9 Å². The number of aromatic nitrogens is 1. The van der Waals surface area contributed by atoms with Crippen molar-refractivity contribution >= 4 is 32.4 Å². The zero-order valence-electron chi connectivity index (χ0n) is 8.66. The fourth-order valence-electron chi connectivity index (χ4n) is 1.34. The van der Waals surface area contributed by atoms with E-state index in [4.69, 9.17) is 4.74 Å². The molecule has 0 N–H and O–H groups in total. The van der Waals surface area contributed by atoms with E-state index < -0.39 is 0 Å². The summed E-state index contributed by atoms with van der Waals surface area (Å²) in [4.78, 5) is 6.63. The average molecular weight is 279 g/mol. The lowest BCUT2D eigenvalue weighted by atomic mass is 10.3. The summed E-state index contributed by atoms with van der Waals surface area (Å²) in [5.41, 5.74) is 0. The lowest BCUT2D eigenvalue weighted by molar-refractivity contribution is 0.182. The largest absolute Gasteiger partial charge is 0.383 e. The topological polar surface area (TPSA) is 25.4 Å². The Balaban J connectivity index is 2.71. The van der Waals surface area contributed by atoms with Crippen molar-refractivity contribution in [3.63, 3.8) is 0 Å². The molecule has 3 nitrogen and oxygen atoms in total. The van der Waals surface area contributed by atoms with Gasteiger partial charge < -0.3 is 9.64 Å².